The van der Waals surface area contributed by atoms with E-state index in [-0.39, 0.29) is 12.2 Å². The molecule has 0 aromatic carbocycles. The van der Waals surface area contributed by atoms with Crippen molar-refractivity contribution in [2.24, 2.45) is 0 Å². The van der Waals surface area contributed by atoms with Crippen LogP contribution in [0.2, 0.25) is 0 Å². The van der Waals surface area contributed by atoms with Gasteiger partial charge in [-0.05, 0) is 12.1 Å². The predicted molar refractivity (Wildman–Crippen MR) is 50.4 cm³/mol. The van der Waals surface area contributed by atoms with E-state index in [0.717, 1.165) is 0 Å². The van der Waals surface area contributed by atoms with Crippen LogP contribution in [0, 0.1) is 0 Å². The van der Waals surface area contributed by atoms with Crippen LogP contribution in [0.1, 0.15) is 22.7 Å². The molecule has 0 amide bonds. The molecule has 1 aromatic heterocycles. The Morgan fingerprint density at radius 3 is 2.67 bits per heavy atom. The van der Waals surface area contributed by atoms with E-state index >= 15 is 0 Å². The summed E-state index contributed by atoms with van der Waals surface area (Å²) in [5, 5.41) is 0. The van der Waals surface area contributed by atoms with Gasteiger partial charge in [-0.15, -0.1) is 0 Å². The number of hydrogen-bond donors (Lipinski definition) is 0. The Bertz CT molecular complexity index is 352. The smallest absolute Gasteiger partial charge is 0.313 e. The molecule has 15 heavy (non-hydrogen) atoms. The van der Waals surface area contributed by atoms with Crippen LogP contribution in [0.25, 0.3) is 0 Å². The quantitative estimate of drug-likeness (QED) is 0.416. The SMILES string of the molecule is COCc1ccc(C(=O)CC(=O)OC)o1. The Labute approximate surface area is 87.0 Å². The van der Waals surface area contributed by atoms with Crippen molar-refractivity contribution >= 4 is 11.8 Å². The Balaban J connectivity index is 2.61. The maximum Gasteiger partial charge on any atom is 0.313 e. The molecule has 1 heterocycles. The lowest BCUT2D eigenvalue weighted by atomic mass is 10.2. The van der Waals surface area contributed by atoms with Gasteiger partial charge in [0, 0.05) is 7.11 Å². The number of ether oxygens (including phenoxy) is 2. The van der Waals surface area contributed by atoms with Gasteiger partial charge in [0.1, 0.15) is 18.8 Å². The summed E-state index contributed by atoms with van der Waals surface area (Å²) < 4.78 is 14.3. The number of ketones is 1. The maximum atomic E-state index is 11.4. The molecular formula is C10H12O5. The van der Waals surface area contributed by atoms with Crippen LogP contribution < -0.4 is 0 Å². The summed E-state index contributed by atoms with van der Waals surface area (Å²) in [5.74, 6) is -0.285. The highest BCUT2D eigenvalue weighted by Gasteiger charge is 2.15. The molecule has 5 heteroatoms. The molecule has 0 aliphatic rings. The van der Waals surface area contributed by atoms with Crippen molar-refractivity contribution in [1.29, 1.82) is 0 Å². The number of hydrogen-bond acceptors (Lipinski definition) is 5. The minimum Gasteiger partial charge on any atom is -0.469 e. The van der Waals surface area contributed by atoms with Crippen molar-refractivity contribution in [3.8, 4) is 0 Å². The molecule has 0 spiro atoms. The first kappa shape index (κ1) is 11.5. The third-order valence-electron chi connectivity index (χ3n) is 1.76. The van der Waals surface area contributed by atoms with E-state index in [0.29, 0.717) is 12.4 Å². The number of carbonyl (C=O) groups excluding carboxylic acids is 2. The molecular weight excluding hydrogens is 200 g/mol. The highest BCUT2D eigenvalue weighted by Crippen LogP contribution is 2.11. The summed E-state index contributed by atoms with van der Waals surface area (Å²) in [6, 6.07) is 3.15. The van der Waals surface area contributed by atoms with Crippen molar-refractivity contribution in [3.05, 3.63) is 23.7 Å². The molecule has 0 aliphatic heterocycles. The number of furan rings is 1. The normalized spacial score (nSPS) is 10.0. The van der Waals surface area contributed by atoms with Gasteiger partial charge in [0.25, 0.3) is 0 Å². The second-order valence-electron chi connectivity index (χ2n) is 2.88. The van der Waals surface area contributed by atoms with Crippen molar-refractivity contribution in [1.82, 2.24) is 0 Å². The topological polar surface area (TPSA) is 65.7 Å². The van der Waals surface area contributed by atoms with Gasteiger partial charge in [0.05, 0.1) is 7.11 Å². The highest BCUT2D eigenvalue weighted by atomic mass is 16.5. The second kappa shape index (κ2) is 5.31. The van der Waals surface area contributed by atoms with E-state index in [9.17, 15) is 9.59 Å². The molecule has 1 rings (SSSR count). The average Bonchev–Trinajstić information content (AvgIpc) is 2.67. The highest BCUT2D eigenvalue weighted by molar-refractivity contribution is 6.04. The fraction of sp³-hybridized carbons (Fsp3) is 0.400. The summed E-state index contributed by atoms with van der Waals surface area (Å²) in [7, 11) is 2.76. The third kappa shape index (κ3) is 3.21. The maximum absolute atomic E-state index is 11.4. The van der Waals surface area contributed by atoms with Gasteiger partial charge in [-0.25, -0.2) is 0 Å². The fourth-order valence-electron chi connectivity index (χ4n) is 1.04. The first-order chi connectivity index (χ1) is 7.17. The van der Waals surface area contributed by atoms with Gasteiger partial charge >= 0.3 is 5.97 Å². The average molecular weight is 212 g/mol. The summed E-state index contributed by atoms with van der Waals surface area (Å²) >= 11 is 0. The summed E-state index contributed by atoms with van der Waals surface area (Å²) in [6.45, 7) is 0.297. The third-order valence-corrected chi connectivity index (χ3v) is 1.76. The van der Waals surface area contributed by atoms with Crippen molar-refractivity contribution < 1.29 is 23.5 Å². The number of Topliss-reactive ketones (excluding diaryl/α,β-unsaturated/α-hetero) is 1. The van der Waals surface area contributed by atoms with Crippen LogP contribution >= 0.6 is 0 Å². The van der Waals surface area contributed by atoms with Gasteiger partial charge in [-0.2, -0.15) is 0 Å². The Kier molecular flexibility index (Phi) is 4.05. The van der Waals surface area contributed by atoms with Crippen molar-refractivity contribution in [2.45, 2.75) is 13.0 Å². The van der Waals surface area contributed by atoms with Gasteiger partial charge in [0.2, 0.25) is 5.78 Å². The lowest BCUT2D eigenvalue weighted by molar-refractivity contribution is -0.139. The summed E-state index contributed by atoms with van der Waals surface area (Å²) in [5.41, 5.74) is 0. The van der Waals surface area contributed by atoms with Gasteiger partial charge in [0.15, 0.2) is 5.76 Å². The molecule has 0 fully saturated rings. The number of carbonyl (C=O) groups is 2. The van der Waals surface area contributed by atoms with Crippen LogP contribution in [0.15, 0.2) is 16.5 Å². The van der Waals surface area contributed by atoms with Crippen molar-refractivity contribution in [3.63, 3.8) is 0 Å². The minimum absolute atomic E-state index is 0.146. The minimum atomic E-state index is -0.579. The van der Waals surface area contributed by atoms with Crippen LogP contribution in [-0.2, 0) is 20.9 Å². The lowest BCUT2D eigenvalue weighted by Crippen LogP contribution is -2.08. The molecule has 0 unspecified atom stereocenters. The van der Waals surface area contributed by atoms with E-state index in [1.165, 1.54) is 20.3 Å². The van der Waals surface area contributed by atoms with Crippen molar-refractivity contribution in [2.75, 3.05) is 14.2 Å². The van der Waals surface area contributed by atoms with Gasteiger partial charge in [-0.1, -0.05) is 0 Å². The number of rotatable bonds is 5. The summed E-state index contributed by atoms with van der Waals surface area (Å²) in [4.78, 5) is 22.2. The van der Waals surface area contributed by atoms with E-state index in [2.05, 4.69) is 4.74 Å². The molecule has 82 valence electrons. The molecule has 0 bridgehead atoms. The molecule has 0 saturated carbocycles. The van der Waals surface area contributed by atoms with E-state index in [1.54, 1.807) is 6.07 Å². The zero-order chi connectivity index (χ0) is 11.3. The van der Waals surface area contributed by atoms with Crippen LogP contribution in [0.5, 0.6) is 0 Å². The largest absolute Gasteiger partial charge is 0.469 e. The van der Waals surface area contributed by atoms with Gasteiger partial charge < -0.3 is 13.9 Å². The standard InChI is InChI=1S/C10H12O5/c1-13-6-7-3-4-9(15-7)8(11)5-10(12)14-2/h3-4H,5-6H2,1-2H3. The first-order valence-corrected chi connectivity index (χ1v) is 4.35. The number of esters is 1. The molecule has 0 saturated heterocycles. The monoisotopic (exact) mass is 212 g/mol. The van der Waals surface area contributed by atoms with Crippen LogP contribution in [0.3, 0.4) is 0 Å². The molecule has 0 aliphatic carbocycles. The molecule has 0 radical (unpaired) electrons. The van der Waals surface area contributed by atoms with Gasteiger partial charge in [-0.3, -0.25) is 9.59 Å². The Morgan fingerprint density at radius 1 is 1.33 bits per heavy atom. The van der Waals surface area contributed by atoms with Crippen LogP contribution in [-0.4, -0.2) is 26.0 Å². The number of methoxy groups -OCH3 is 2. The Hall–Kier alpha value is -1.62. The lowest BCUT2D eigenvalue weighted by Gasteiger charge is -1.96. The fourth-order valence-corrected chi connectivity index (χ4v) is 1.04. The molecule has 1 aromatic rings. The van der Waals surface area contributed by atoms with E-state index < -0.39 is 11.8 Å². The summed E-state index contributed by atoms with van der Waals surface area (Å²) in [6.07, 6.45) is -0.309. The zero-order valence-electron chi connectivity index (χ0n) is 8.61. The molecule has 0 N–H and O–H groups in total. The predicted octanol–water partition coefficient (Wildman–Crippen LogP) is 1.17. The van der Waals surface area contributed by atoms with E-state index in [1.807, 2.05) is 0 Å². The van der Waals surface area contributed by atoms with E-state index in [4.69, 9.17) is 9.15 Å². The first-order valence-electron chi connectivity index (χ1n) is 4.35. The zero-order valence-corrected chi connectivity index (χ0v) is 8.61. The molecule has 0 atom stereocenters. The molecule has 5 nitrogen and oxygen atoms in total. The second-order valence-corrected chi connectivity index (χ2v) is 2.88. The Morgan fingerprint density at radius 2 is 2.07 bits per heavy atom. The van der Waals surface area contributed by atoms with Crippen LogP contribution in [0.4, 0.5) is 0 Å².